The number of esters is 3. The molecule has 0 amide bonds. The molecule has 1 atom stereocenters. The van der Waals surface area contributed by atoms with Gasteiger partial charge < -0.3 is 14.2 Å². The Hall–Kier alpha value is -1.85. The summed E-state index contributed by atoms with van der Waals surface area (Å²) in [5.74, 6) is -0.867. The lowest BCUT2D eigenvalue weighted by molar-refractivity contribution is -0.167. The Morgan fingerprint density at radius 1 is 0.279 bits per heavy atom. The van der Waals surface area contributed by atoms with Crippen LogP contribution in [0.15, 0.2) is 12.2 Å². The van der Waals surface area contributed by atoms with Crippen LogP contribution in [-0.4, -0.2) is 37.2 Å². The lowest BCUT2D eigenvalue weighted by Gasteiger charge is -2.18. The average Bonchev–Trinajstić information content (AvgIpc) is 3.34. The molecule has 0 radical (unpaired) electrons. The van der Waals surface area contributed by atoms with Gasteiger partial charge in [-0.15, -0.1) is 0 Å². The summed E-state index contributed by atoms with van der Waals surface area (Å²) in [6, 6.07) is 0. The Labute approximate surface area is 424 Å². The summed E-state index contributed by atoms with van der Waals surface area (Å²) in [7, 11) is 0. The molecule has 0 aliphatic carbocycles. The highest BCUT2D eigenvalue weighted by atomic mass is 16.6. The SMILES string of the molecule is CCCC/C=C\CCCCCCCC(=O)OC(COC(=O)CCCCCCCCC)COC(=O)CCCCCCCCCCCCCCCCCCCCCCCCCCCCCCCCCC. The molecule has 0 spiro atoms. The predicted octanol–water partition coefficient (Wildman–Crippen LogP) is 20.5. The molecule has 1 unspecified atom stereocenters. The molecule has 0 heterocycles. The predicted molar refractivity (Wildman–Crippen MR) is 293 cm³/mol. The molecule has 6 nitrogen and oxygen atoms in total. The minimum absolute atomic E-state index is 0.0688. The molecule has 0 N–H and O–H groups in total. The molecule has 0 aromatic rings. The number of carbonyl (C=O) groups is 3. The van der Waals surface area contributed by atoms with Crippen molar-refractivity contribution in [3.8, 4) is 0 Å². The zero-order chi connectivity index (χ0) is 49.3. The van der Waals surface area contributed by atoms with Crippen molar-refractivity contribution < 1.29 is 28.6 Å². The topological polar surface area (TPSA) is 78.9 Å². The second-order valence-corrected chi connectivity index (χ2v) is 21.0. The Kier molecular flexibility index (Phi) is 56.2. The highest BCUT2D eigenvalue weighted by Gasteiger charge is 2.19. The molecule has 0 bridgehead atoms. The highest BCUT2D eigenvalue weighted by molar-refractivity contribution is 5.71. The van der Waals surface area contributed by atoms with E-state index >= 15 is 0 Å². The quantitative estimate of drug-likeness (QED) is 0.0262. The van der Waals surface area contributed by atoms with Crippen molar-refractivity contribution in [3.05, 3.63) is 12.2 Å². The molecular formula is C62H118O6. The summed E-state index contributed by atoms with van der Waals surface area (Å²) in [4.78, 5) is 37.8. The largest absolute Gasteiger partial charge is 0.462 e. The van der Waals surface area contributed by atoms with Crippen LogP contribution in [0.1, 0.15) is 348 Å². The van der Waals surface area contributed by atoms with E-state index in [0.29, 0.717) is 19.3 Å². The lowest BCUT2D eigenvalue weighted by Crippen LogP contribution is -2.30. The van der Waals surface area contributed by atoms with Crippen LogP contribution >= 0.6 is 0 Å². The Balaban J connectivity index is 3.87. The zero-order valence-corrected chi connectivity index (χ0v) is 46.2. The van der Waals surface area contributed by atoms with Gasteiger partial charge in [-0.1, -0.05) is 303 Å². The number of hydrogen-bond acceptors (Lipinski definition) is 6. The molecule has 0 rings (SSSR count). The maximum atomic E-state index is 12.7. The van der Waals surface area contributed by atoms with E-state index in [9.17, 15) is 14.4 Å². The second kappa shape index (κ2) is 57.7. The molecule has 0 fully saturated rings. The van der Waals surface area contributed by atoms with Crippen LogP contribution in [0.25, 0.3) is 0 Å². The normalized spacial score (nSPS) is 12.0. The van der Waals surface area contributed by atoms with Crippen molar-refractivity contribution in [1.82, 2.24) is 0 Å². The summed E-state index contributed by atoms with van der Waals surface area (Å²) in [5, 5.41) is 0. The van der Waals surface area contributed by atoms with Crippen LogP contribution in [0.2, 0.25) is 0 Å². The van der Waals surface area contributed by atoms with E-state index in [1.165, 1.54) is 244 Å². The fourth-order valence-corrected chi connectivity index (χ4v) is 9.37. The van der Waals surface area contributed by atoms with Gasteiger partial charge in [-0.3, -0.25) is 14.4 Å². The van der Waals surface area contributed by atoms with Gasteiger partial charge in [0.05, 0.1) is 0 Å². The molecule has 0 saturated carbocycles. The zero-order valence-electron chi connectivity index (χ0n) is 46.2. The monoisotopic (exact) mass is 959 g/mol. The highest BCUT2D eigenvalue weighted by Crippen LogP contribution is 2.18. The van der Waals surface area contributed by atoms with Crippen LogP contribution in [0.5, 0.6) is 0 Å². The molecule has 0 aliphatic rings. The molecule has 0 saturated heterocycles. The number of unbranched alkanes of at least 4 members (excludes halogenated alkanes) is 44. The molecule has 68 heavy (non-hydrogen) atoms. The summed E-state index contributed by atoms with van der Waals surface area (Å²) in [6.07, 6.45) is 67.0. The maximum absolute atomic E-state index is 12.7. The van der Waals surface area contributed by atoms with Gasteiger partial charge in [0.25, 0.3) is 0 Å². The summed E-state index contributed by atoms with van der Waals surface area (Å²) >= 11 is 0. The van der Waals surface area contributed by atoms with E-state index in [1.54, 1.807) is 0 Å². The maximum Gasteiger partial charge on any atom is 0.306 e. The second-order valence-electron chi connectivity index (χ2n) is 21.0. The van der Waals surface area contributed by atoms with Crippen molar-refractivity contribution in [3.63, 3.8) is 0 Å². The van der Waals surface area contributed by atoms with Gasteiger partial charge in [0.2, 0.25) is 0 Å². The Morgan fingerprint density at radius 3 is 0.779 bits per heavy atom. The number of allylic oxidation sites excluding steroid dienone is 2. The molecule has 402 valence electrons. The van der Waals surface area contributed by atoms with Gasteiger partial charge in [0, 0.05) is 19.3 Å². The molecule has 0 aromatic heterocycles. The van der Waals surface area contributed by atoms with Gasteiger partial charge >= 0.3 is 17.9 Å². The van der Waals surface area contributed by atoms with E-state index in [2.05, 4.69) is 32.9 Å². The fraction of sp³-hybridized carbons (Fsp3) is 0.919. The van der Waals surface area contributed by atoms with E-state index in [1.807, 2.05) is 0 Å². The summed E-state index contributed by atoms with van der Waals surface area (Å²) in [6.45, 7) is 6.60. The first-order valence-electron chi connectivity index (χ1n) is 30.7. The standard InChI is InChI=1S/C62H118O6/c1-4-7-10-13-16-18-20-21-22-23-24-25-26-27-28-29-30-31-32-33-34-35-36-37-38-39-40-42-43-46-49-52-55-61(64)67-58-59(57-66-60(63)54-51-48-45-15-12-9-6-3)68-62(65)56-53-50-47-44-41-19-17-14-11-8-5-2/h14,17,59H,4-13,15-16,18-58H2,1-3H3/b17-14-. The minimum atomic E-state index is -0.767. The van der Waals surface area contributed by atoms with Gasteiger partial charge in [-0.05, 0) is 38.5 Å². The van der Waals surface area contributed by atoms with E-state index in [4.69, 9.17) is 14.2 Å². The average molecular weight is 960 g/mol. The van der Waals surface area contributed by atoms with Crippen molar-refractivity contribution in [2.75, 3.05) is 13.2 Å². The van der Waals surface area contributed by atoms with Crippen molar-refractivity contribution in [1.29, 1.82) is 0 Å². The van der Waals surface area contributed by atoms with E-state index < -0.39 is 6.10 Å². The van der Waals surface area contributed by atoms with Crippen molar-refractivity contribution >= 4 is 17.9 Å². The summed E-state index contributed by atoms with van der Waals surface area (Å²) < 4.78 is 16.7. The first kappa shape index (κ1) is 66.2. The first-order chi connectivity index (χ1) is 33.5. The van der Waals surface area contributed by atoms with Gasteiger partial charge in [-0.25, -0.2) is 0 Å². The molecule has 6 heteroatoms. The molecular weight excluding hydrogens is 841 g/mol. The third kappa shape index (κ3) is 55.1. The summed E-state index contributed by atoms with van der Waals surface area (Å²) in [5.41, 5.74) is 0. The smallest absolute Gasteiger partial charge is 0.306 e. The third-order valence-electron chi connectivity index (χ3n) is 14.0. The number of ether oxygens (including phenoxy) is 3. The van der Waals surface area contributed by atoms with Gasteiger partial charge in [0.1, 0.15) is 13.2 Å². The number of carbonyl (C=O) groups excluding carboxylic acids is 3. The van der Waals surface area contributed by atoms with Crippen LogP contribution in [-0.2, 0) is 28.6 Å². The van der Waals surface area contributed by atoms with Gasteiger partial charge in [0.15, 0.2) is 6.10 Å². The molecule has 0 aliphatic heterocycles. The van der Waals surface area contributed by atoms with Gasteiger partial charge in [-0.2, -0.15) is 0 Å². The van der Waals surface area contributed by atoms with Crippen LogP contribution in [0.4, 0.5) is 0 Å². The lowest BCUT2D eigenvalue weighted by atomic mass is 10.0. The molecule has 0 aromatic carbocycles. The minimum Gasteiger partial charge on any atom is -0.462 e. The van der Waals surface area contributed by atoms with E-state index in [-0.39, 0.29) is 31.1 Å². The Bertz CT molecular complexity index is 1060. The number of hydrogen-bond donors (Lipinski definition) is 0. The fourth-order valence-electron chi connectivity index (χ4n) is 9.37. The third-order valence-corrected chi connectivity index (χ3v) is 14.0. The van der Waals surface area contributed by atoms with Crippen molar-refractivity contribution in [2.24, 2.45) is 0 Å². The van der Waals surface area contributed by atoms with Crippen LogP contribution in [0, 0.1) is 0 Å². The first-order valence-corrected chi connectivity index (χ1v) is 30.7. The van der Waals surface area contributed by atoms with Crippen LogP contribution in [0.3, 0.4) is 0 Å². The van der Waals surface area contributed by atoms with Crippen LogP contribution < -0.4 is 0 Å². The Morgan fingerprint density at radius 2 is 0.500 bits per heavy atom. The van der Waals surface area contributed by atoms with Crippen molar-refractivity contribution in [2.45, 2.75) is 354 Å². The number of rotatable bonds is 57. The van der Waals surface area contributed by atoms with E-state index in [0.717, 1.165) is 64.2 Å².